The predicted octanol–water partition coefficient (Wildman–Crippen LogP) is 1.34. The van der Waals surface area contributed by atoms with Gasteiger partial charge in [0.05, 0.1) is 4.90 Å². The van der Waals surface area contributed by atoms with Crippen LogP contribution in [0.4, 0.5) is 0 Å². The Labute approximate surface area is 110 Å². The van der Waals surface area contributed by atoms with Crippen LogP contribution < -0.4 is 0 Å². The Balaban J connectivity index is 2.20. The molecule has 1 saturated heterocycles. The second kappa shape index (κ2) is 4.99. The van der Waals surface area contributed by atoms with E-state index in [0.29, 0.717) is 18.0 Å². The average molecular weight is 352 g/mol. The molecule has 0 aromatic heterocycles. The Morgan fingerprint density at radius 3 is 2.12 bits per heavy atom. The van der Waals surface area contributed by atoms with Crippen molar-refractivity contribution in [1.29, 1.82) is 0 Å². The fourth-order valence-corrected chi connectivity index (χ4v) is 3.52. The zero-order chi connectivity index (χ0) is 11.6. The van der Waals surface area contributed by atoms with Gasteiger partial charge in [-0.15, -0.1) is 0 Å². The van der Waals surface area contributed by atoms with Crippen LogP contribution in [0.25, 0.3) is 0 Å². The molecule has 88 valence electrons. The zero-order valence-electron chi connectivity index (χ0n) is 8.71. The molecule has 1 aromatic rings. The quantitative estimate of drug-likeness (QED) is 0.596. The van der Waals surface area contributed by atoms with Gasteiger partial charge in [0.1, 0.15) is 0 Å². The van der Waals surface area contributed by atoms with Crippen molar-refractivity contribution in [2.24, 2.45) is 0 Å². The topological polar surface area (TPSA) is 40.6 Å². The number of benzene rings is 1. The van der Waals surface area contributed by atoms with Crippen molar-refractivity contribution < 1.29 is 8.42 Å². The first-order valence-corrected chi connectivity index (χ1v) is 7.47. The van der Waals surface area contributed by atoms with Gasteiger partial charge < -0.3 is 0 Å². The minimum absolute atomic E-state index is 0.386. The number of halogens is 1. The summed E-state index contributed by atoms with van der Waals surface area (Å²) in [6, 6.07) is 8.61. The third kappa shape index (κ3) is 2.55. The molecule has 0 saturated carbocycles. The van der Waals surface area contributed by atoms with Crippen LogP contribution >= 0.6 is 22.9 Å². The lowest BCUT2D eigenvalue weighted by Crippen LogP contribution is -2.45. The lowest BCUT2D eigenvalue weighted by Gasteiger charge is -2.30. The highest BCUT2D eigenvalue weighted by molar-refractivity contribution is 14.1. The van der Waals surface area contributed by atoms with Crippen molar-refractivity contribution in [2.45, 2.75) is 4.90 Å². The fraction of sp³-hybridized carbons (Fsp3) is 0.400. The molecule has 2 rings (SSSR count). The van der Waals surface area contributed by atoms with Crippen LogP contribution in [0.5, 0.6) is 0 Å². The molecule has 0 atom stereocenters. The molecule has 0 spiro atoms. The van der Waals surface area contributed by atoms with Gasteiger partial charge in [0, 0.05) is 49.0 Å². The fourth-order valence-electron chi connectivity index (χ4n) is 1.65. The first-order chi connectivity index (χ1) is 7.60. The number of sulfonamides is 1. The van der Waals surface area contributed by atoms with E-state index in [4.69, 9.17) is 0 Å². The van der Waals surface area contributed by atoms with E-state index in [2.05, 4.69) is 26.0 Å². The summed E-state index contributed by atoms with van der Waals surface area (Å²) in [5.41, 5.74) is 0. The molecule has 0 amide bonds. The highest BCUT2D eigenvalue weighted by atomic mass is 127. The Morgan fingerprint density at radius 1 is 1.00 bits per heavy atom. The van der Waals surface area contributed by atoms with E-state index in [9.17, 15) is 8.42 Å². The summed E-state index contributed by atoms with van der Waals surface area (Å²) in [6.45, 7) is 2.71. The molecule has 1 aromatic carbocycles. The summed E-state index contributed by atoms with van der Waals surface area (Å²) >= 11 is 2.22. The van der Waals surface area contributed by atoms with Crippen molar-refractivity contribution in [1.82, 2.24) is 7.42 Å². The van der Waals surface area contributed by atoms with E-state index in [-0.39, 0.29) is 0 Å². The van der Waals surface area contributed by atoms with E-state index in [1.165, 1.54) is 0 Å². The normalized spacial score (nSPS) is 19.8. The minimum Gasteiger partial charge on any atom is -0.245 e. The number of piperazine rings is 1. The lowest BCUT2D eigenvalue weighted by atomic mass is 10.4. The molecule has 0 N–H and O–H groups in total. The molecule has 0 radical (unpaired) electrons. The van der Waals surface area contributed by atoms with Crippen LogP contribution in [0.3, 0.4) is 0 Å². The average Bonchev–Trinajstić information content (AvgIpc) is 2.31. The van der Waals surface area contributed by atoms with Crippen molar-refractivity contribution in [3.8, 4) is 0 Å². The monoisotopic (exact) mass is 352 g/mol. The van der Waals surface area contributed by atoms with Crippen LogP contribution in [0.15, 0.2) is 35.2 Å². The maximum Gasteiger partial charge on any atom is 0.243 e. The molecule has 4 nitrogen and oxygen atoms in total. The smallest absolute Gasteiger partial charge is 0.243 e. The number of hydrogen-bond donors (Lipinski definition) is 0. The van der Waals surface area contributed by atoms with Crippen molar-refractivity contribution >= 4 is 32.9 Å². The molecular weight excluding hydrogens is 339 g/mol. The van der Waals surface area contributed by atoms with Gasteiger partial charge in [0.15, 0.2) is 0 Å². The van der Waals surface area contributed by atoms with Crippen LogP contribution in [0.2, 0.25) is 0 Å². The lowest BCUT2D eigenvalue weighted by molar-refractivity contribution is 0.304. The third-order valence-corrected chi connectivity index (χ3v) is 5.44. The van der Waals surface area contributed by atoms with Crippen molar-refractivity contribution in [3.05, 3.63) is 30.3 Å². The second-order valence-corrected chi connectivity index (χ2v) is 6.93. The highest BCUT2D eigenvalue weighted by Crippen LogP contribution is 2.17. The molecule has 0 bridgehead atoms. The van der Waals surface area contributed by atoms with Gasteiger partial charge in [-0.2, -0.15) is 4.31 Å². The summed E-state index contributed by atoms with van der Waals surface area (Å²) in [4.78, 5) is 0.386. The standard InChI is InChI=1S/C10H13IN2O2S/c11-12-6-8-13(9-7-12)16(14,15)10-4-2-1-3-5-10/h1-5H,6-9H2. The van der Waals surface area contributed by atoms with E-state index in [1.54, 1.807) is 28.6 Å². The summed E-state index contributed by atoms with van der Waals surface area (Å²) in [5, 5.41) is 0. The maximum absolute atomic E-state index is 12.2. The molecule has 0 aliphatic carbocycles. The molecule has 0 unspecified atom stereocenters. The third-order valence-electron chi connectivity index (χ3n) is 2.57. The molecule has 6 heteroatoms. The van der Waals surface area contributed by atoms with Gasteiger partial charge in [-0.1, -0.05) is 18.2 Å². The van der Waals surface area contributed by atoms with Gasteiger partial charge in [0.25, 0.3) is 0 Å². The number of rotatable bonds is 2. The highest BCUT2D eigenvalue weighted by Gasteiger charge is 2.27. The SMILES string of the molecule is O=S(=O)(c1ccccc1)N1CCN(I)CC1. The van der Waals surface area contributed by atoms with Gasteiger partial charge in [-0.05, 0) is 12.1 Å². The summed E-state index contributed by atoms with van der Waals surface area (Å²) in [5.74, 6) is 0. The molecular formula is C10H13IN2O2S. The number of hydrogen-bond acceptors (Lipinski definition) is 3. The Bertz CT molecular complexity index is 441. The summed E-state index contributed by atoms with van der Waals surface area (Å²) in [7, 11) is -3.28. The molecule has 1 heterocycles. The minimum atomic E-state index is -3.28. The van der Waals surface area contributed by atoms with Gasteiger partial charge in [-0.3, -0.25) is 0 Å². The van der Waals surface area contributed by atoms with E-state index in [1.807, 2.05) is 6.07 Å². The molecule has 1 aliphatic heterocycles. The summed E-state index contributed by atoms with van der Waals surface area (Å²) < 4.78 is 28.1. The molecule has 16 heavy (non-hydrogen) atoms. The van der Waals surface area contributed by atoms with E-state index < -0.39 is 10.0 Å². The maximum atomic E-state index is 12.2. The van der Waals surface area contributed by atoms with E-state index >= 15 is 0 Å². The van der Waals surface area contributed by atoms with Gasteiger partial charge in [0.2, 0.25) is 10.0 Å². The van der Waals surface area contributed by atoms with Gasteiger partial charge >= 0.3 is 0 Å². The second-order valence-electron chi connectivity index (χ2n) is 3.63. The summed E-state index contributed by atoms with van der Waals surface area (Å²) in [6.07, 6.45) is 0. The van der Waals surface area contributed by atoms with Crippen LogP contribution in [0.1, 0.15) is 0 Å². The first-order valence-electron chi connectivity index (χ1n) is 5.06. The van der Waals surface area contributed by atoms with Crippen LogP contribution in [-0.2, 0) is 10.0 Å². The zero-order valence-corrected chi connectivity index (χ0v) is 11.7. The van der Waals surface area contributed by atoms with Crippen molar-refractivity contribution in [3.63, 3.8) is 0 Å². The van der Waals surface area contributed by atoms with Crippen LogP contribution in [-0.4, -0.2) is 42.0 Å². The van der Waals surface area contributed by atoms with Gasteiger partial charge in [-0.25, -0.2) is 11.5 Å². The van der Waals surface area contributed by atoms with E-state index in [0.717, 1.165) is 13.1 Å². The largest absolute Gasteiger partial charge is 0.245 e. The first kappa shape index (κ1) is 12.3. The van der Waals surface area contributed by atoms with Crippen molar-refractivity contribution in [2.75, 3.05) is 26.2 Å². The Hall–Kier alpha value is -0.180. The predicted molar refractivity (Wildman–Crippen MR) is 70.8 cm³/mol. The van der Waals surface area contributed by atoms with Crippen LogP contribution in [0, 0.1) is 0 Å². The Kier molecular flexibility index (Phi) is 3.83. The number of nitrogens with zero attached hydrogens (tertiary/aromatic N) is 2. The molecule has 1 fully saturated rings. The Morgan fingerprint density at radius 2 is 1.56 bits per heavy atom. The molecule has 1 aliphatic rings.